The smallest absolute Gasteiger partial charge is 0.244 e. The summed E-state index contributed by atoms with van der Waals surface area (Å²) in [5, 5.41) is 3.04. The molecule has 0 saturated carbocycles. The van der Waals surface area contributed by atoms with Crippen LogP contribution in [0, 0.1) is 0 Å². The van der Waals surface area contributed by atoms with Crippen molar-refractivity contribution >= 4 is 23.5 Å². The summed E-state index contributed by atoms with van der Waals surface area (Å²) in [6, 6.07) is 1.24. The van der Waals surface area contributed by atoms with Crippen molar-refractivity contribution in [3.05, 3.63) is 6.07 Å². The fourth-order valence-corrected chi connectivity index (χ4v) is 2.29. The molecule has 1 aliphatic rings. The Labute approximate surface area is 117 Å². The van der Waals surface area contributed by atoms with E-state index in [9.17, 15) is 4.79 Å². The summed E-state index contributed by atoms with van der Waals surface area (Å²) >= 11 is 0. The molecule has 2 heterocycles. The molecule has 8 heteroatoms. The van der Waals surface area contributed by atoms with Crippen LogP contribution < -0.4 is 22.3 Å². The first-order chi connectivity index (χ1) is 9.60. The molecule has 1 atom stereocenters. The minimum atomic E-state index is -0.368. The number of nitrogens with one attached hydrogen (secondary N) is 2. The summed E-state index contributed by atoms with van der Waals surface area (Å²) in [5.74, 6) is 6.34. The molecule has 2 rings (SSSR count). The van der Waals surface area contributed by atoms with E-state index in [1.54, 1.807) is 6.07 Å². The number of hydrazine groups is 1. The average Bonchev–Trinajstić information content (AvgIpc) is 2.46. The molecule has 110 valence electrons. The van der Waals surface area contributed by atoms with Crippen LogP contribution in [0.25, 0.3) is 0 Å². The molecule has 1 aromatic rings. The van der Waals surface area contributed by atoms with Crippen LogP contribution in [0.3, 0.4) is 0 Å². The lowest BCUT2D eigenvalue weighted by molar-refractivity contribution is -0.132. The third-order valence-electron chi connectivity index (χ3n) is 3.29. The largest absolute Gasteiger partial charge is 0.368 e. The van der Waals surface area contributed by atoms with Gasteiger partial charge in [0.25, 0.3) is 0 Å². The molecule has 0 radical (unpaired) electrons. The number of nitrogens with zero attached hydrogens (tertiary/aromatic N) is 3. The van der Waals surface area contributed by atoms with Gasteiger partial charge in [-0.05, 0) is 26.2 Å². The van der Waals surface area contributed by atoms with E-state index < -0.39 is 0 Å². The molecule has 0 aliphatic carbocycles. The zero-order valence-electron chi connectivity index (χ0n) is 11.6. The number of aromatic nitrogens is 2. The number of piperidine rings is 1. The van der Waals surface area contributed by atoms with Crippen molar-refractivity contribution in [2.75, 3.05) is 29.6 Å². The van der Waals surface area contributed by atoms with Gasteiger partial charge in [0.1, 0.15) is 17.7 Å². The number of amides is 1. The lowest BCUT2D eigenvalue weighted by atomic mass is 10.1. The highest BCUT2D eigenvalue weighted by Gasteiger charge is 2.22. The summed E-state index contributed by atoms with van der Waals surface area (Å²) < 4.78 is 0. The first-order valence-electron chi connectivity index (χ1n) is 6.76. The van der Waals surface area contributed by atoms with Gasteiger partial charge in [-0.1, -0.05) is 0 Å². The molecule has 0 spiro atoms. The van der Waals surface area contributed by atoms with Gasteiger partial charge in [0.15, 0.2) is 0 Å². The number of likely N-dealkylation sites (tertiary alicyclic amines) is 1. The Hall–Kier alpha value is -2.09. The minimum absolute atomic E-state index is 0.0733. The summed E-state index contributed by atoms with van der Waals surface area (Å²) in [7, 11) is 0. The average molecular weight is 279 g/mol. The van der Waals surface area contributed by atoms with Crippen LogP contribution in [-0.2, 0) is 4.79 Å². The highest BCUT2D eigenvalue weighted by molar-refractivity contribution is 5.84. The van der Waals surface area contributed by atoms with Crippen molar-refractivity contribution in [2.45, 2.75) is 32.2 Å². The number of anilines is 3. The van der Waals surface area contributed by atoms with Crippen LogP contribution in [0.15, 0.2) is 6.07 Å². The number of nitrogens with two attached hydrogens (primary N) is 2. The Morgan fingerprint density at radius 3 is 2.60 bits per heavy atom. The maximum atomic E-state index is 12.3. The molecule has 6 N–H and O–H groups in total. The molecule has 0 bridgehead atoms. The number of hydrogen-bond donors (Lipinski definition) is 4. The Kier molecular flexibility index (Phi) is 4.57. The molecule has 1 aromatic heterocycles. The summed E-state index contributed by atoms with van der Waals surface area (Å²) in [5.41, 5.74) is 7.98. The fourth-order valence-electron chi connectivity index (χ4n) is 2.29. The molecule has 1 amide bonds. The third-order valence-corrected chi connectivity index (χ3v) is 3.29. The maximum absolute atomic E-state index is 12.3. The van der Waals surface area contributed by atoms with Crippen LogP contribution in [-0.4, -0.2) is 39.9 Å². The Balaban J connectivity index is 2.01. The first kappa shape index (κ1) is 14.3. The van der Waals surface area contributed by atoms with Crippen LogP contribution >= 0.6 is 0 Å². The summed E-state index contributed by atoms with van der Waals surface area (Å²) in [6.07, 6.45) is 3.33. The van der Waals surface area contributed by atoms with Crippen molar-refractivity contribution < 1.29 is 4.79 Å². The quantitative estimate of drug-likeness (QED) is 0.457. The second-order valence-electron chi connectivity index (χ2n) is 4.89. The fraction of sp³-hybridized carbons (Fsp3) is 0.583. The third kappa shape index (κ3) is 3.47. The van der Waals surface area contributed by atoms with Gasteiger partial charge in [0, 0.05) is 19.2 Å². The van der Waals surface area contributed by atoms with Crippen molar-refractivity contribution in [3.8, 4) is 0 Å². The van der Waals surface area contributed by atoms with Crippen molar-refractivity contribution in [1.29, 1.82) is 0 Å². The second kappa shape index (κ2) is 6.38. The van der Waals surface area contributed by atoms with Gasteiger partial charge >= 0.3 is 0 Å². The van der Waals surface area contributed by atoms with Gasteiger partial charge < -0.3 is 21.4 Å². The topological polar surface area (TPSA) is 122 Å². The van der Waals surface area contributed by atoms with E-state index in [4.69, 9.17) is 11.6 Å². The van der Waals surface area contributed by atoms with Gasteiger partial charge in [-0.15, -0.1) is 0 Å². The first-order valence-corrected chi connectivity index (χ1v) is 6.76. The van der Waals surface area contributed by atoms with Crippen molar-refractivity contribution in [2.24, 2.45) is 5.84 Å². The van der Waals surface area contributed by atoms with Crippen LogP contribution in [0.4, 0.5) is 17.6 Å². The molecule has 1 fully saturated rings. The number of carbonyl (C=O) groups is 1. The van der Waals surface area contributed by atoms with Crippen LogP contribution in [0.1, 0.15) is 26.2 Å². The molecule has 1 unspecified atom stereocenters. The Bertz CT molecular complexity index is 473. The minimum Gasteiger partial charge on any atom is -0.368 e. The predicted molar refractivity (Wildman–Crippen MR) is 77.8 cm³/mol. The van der Waals surface area contributed by atoms with Gasteiger partial charge in [0.2, 0.25) is 11.9 Å². The van der Waals surface area contributed by atoms with Crippen molar-refractivity contribution in [1.82, 2.24) is 14.9 Å². The number of nitrogen functional groups attached to an aromatic ring is 2. The number of hydrogen-bond acceptors (Lipinski definition) is 7. The zero-order chi connectivity index (χ0) is 14.5. The molecule has 1 aliphatic heterocycles. The highest BCUT2D eigenvalue weighted by Crippen LogP contribution is 2.15. The molecule has 1 saturated heterocycles. The van der Waals surface area contributed by atoms with Crippen LogP contribution in [0.2, 0.25) is 0 Å². The van der Waals surface area contributed by atoms with Gasteiger partial charge in [-0.25, -0.2) is 5.84 Å². The summed E-state index contributed by atoms with van der Waals surface area (Å²) in [6.45, 7) is 3.46. The lowest BCUT2D eigenvalue weighted by Gasteiger charge is -2.29. The van der Waals surface area contributed by atoms with E-state index in [0.717, 1.165) is 25.9 Å². The highest BCUT2D eigenvalue weighted by atomic mass is 16.2. The molecular weight excluding hydrogens is 258 g/mol. The predicted octanol–water partition coefficient (Wildman–Crippen LogP) is 0.157. The molecule has 20 heavy (non-hydrogen) atoms. The summed E-state index contributed by atoms with van der Waals surface area (Å²) in [4.78, 5) is 22.1. The Morgan fingerprint density at radius 2 is 1.95 bits per heavy atom. The van der Waals surface area contributed by atoms with Crippen LogP contribution in [0.5, 0.6) is 0 Å². The second-order valence-corrected chi connectivity index (χ2v) is 4.89. The monoisotopic (exact) mass is 279 g/mol. The SMILES string of the molecule is CC(Nc1cc(NN)nc(N)n1)C(=O)N1CCCCC1. The van der Waals surface area contributed by atoms with E-state index in [1.807, 2.05) is 11.8 Å². The number of rotatable bonds is 4. The van der Waals surface area contributed by atoms with Crippen molar-refractivity contribution in [3.63, 3.8) is 0 Å². The standard InChI is InChI=1S/C12H21N7O/c1-8(11(20)19-5-3-2-4-6-19)15-9-7-10(18-14)17-12(13)16-9/h7-8H,2-6,14H2,1H3,(H4,13,15,16,17,18). The van der Waals surface area contributed by atoms with Gasteiger partial charge in [0.05, 0.1) is 0 Å². The van der Waals surface area contributed by atoms with E-state index in [-0.39, 0.29) is 17.9 Å². The maximum Gasteiger partial charge on any atom is 0.244 e. The van der Waals surface area contributed by atoms with E-state index >= 15 is 0 Å². The van der Waals surface area contributed by atoms with E-state index in [2.05, 4.69) is 20.7 Å². The van der Waals surface area contributed by atoms with E-state index in [0.29, 0.717) is 11.6 Å². The molecule has 0 aromatic carbocycles. The molecular formula is C12H21N7O. The molecule has 8 nitrogen and oxygen atoms in total. The number of carbonyl (C=O) groups excluding carboxylic acids is 1. The van der Waals surface area contributed by atoms with Gasteiger partial charge in [-0.2, -0.15) is 9.97 Å². The van der Waals surface area contributed by atoms with Gasteiger partial charge in [-0.3, -0.25) is 4.79 Å². The normalized spacial score (nSPS) is 16.6. The Morgan fingerprint density at radius 1 is 1.30 bits per heavy atom. The van der Waals surface area contributed by atoms with E-state index in [1.165, 1.54) is 6.42 Å². The lowest BCUT2D eigenvalue weighted by Crippen LogP contribution is -2.44. The zero-order valence-corrected chi connectivity index (χ0v) is 11.6.